The van der Waals surface area contributed by atoms with Crippen molar-refractivity contribution in [2.24, 2.45) is 5.73 Å². The first kappa shape index (κ1) is 13.0. The maximum Gasteiger partial charge on any atom is 0.361 e. The molecular weight excluding hydrogens is 236 g/mol. The van der Waals surface area contributed by atoms with Crippen LogP contribution in [-0.2, 0) is 9.47 Å². The van der Waals surface area contributed by atoms with Crippen LogP contribution in [0.3, 0.4) is 0 Å². The topological polar surface area (TPSA) is 92.3 Å². The average molecular weight is 254 g/mol. The molecule has 1 aliphatic rings. The fourth-order valence-electron chi connectivity index (χ4n) is 1.69. The molecule has 1 aromatic heterocycles. The Bertz CT molecular complexity index is 438. The van der Waals surface area contributed by atoms with Crippen LogP contribution >= 0.6 is 0 Å². The number of hydrogen-bond donors (Lipinski definition) is 1. The number of carbonyl (C=O) groups excluding carboxylic acids is 1. The van der Waals surface area contributed by atoms with E-state index >= 15 is 0 Å². The Kier molecular flexibility index (Phi) is 3.36. The standard InChI is InChI=1S/C11H18N4O3/c1-11(2,3)18-10(16)8-4-15(14-13-8)9-6-17-5-7(9)12/h4,7,9H,5-6,12H2,1-3H3/t7-,9+/m1/s1. The van der Waals surface area contributed by atoms with E-state index in [-0.39, 0.29) is 17.8 Å². The van der Waals surface area contributed by atoms with Crippen molar-refractivity contribution < 1.29 is 14.3 Å². The van der Waals surface area contributed by atoms with Crippen molar-refractivity contribution in [1.82, 2.24) is 15.0 Å². The summed E-state index contributed by atoms with van der Waals surface area (Å²) in [6, 6.07) is -0.202. The lowest BCUT2D eigenvalue weighted by Crippen LogP contribution is -2.31. The molecule has 0 aromatic carbocycles. The number of aromatic nitrogens is 3. The van der Waals surface area contributed by atoms with E-state index in [1.54, 1.807) is 31.6 Å². The molecule has 2 rings (SSSR count). The van der Waals surface area contributed by atoms with Crippen LogP contribution in [0.1, 0.15) is 37.3 Å². The highest BCUT2D eigenvalue weighted by atomic mass is 16.6. The number of carbonyl (C=O) groups is 1. The van der Waals surface area contributed by atoms with Gasteiger partial charge in [-0.25, -0.2) is 9.48 Å². The Labute approximate surface area is 105 Å². The molecule has 1 fully saturated rings. The van der Waals surface area contributed by atoms with E-state index in [4.69, 9.17) is 15.2 Å². The number of esters is 1. The summed E-state index contributed by atoms with van der Waals surface area (Å²) < 4.78 is 12.0. The Hall–Kier alpha value is -1.47. The van der Waals surface area contributed by atoms with Crippen molar-refractivity contribution in [3.05, 3.63) is 11.9 Å². The number of nitrogens with zero attached hydrogens (tertiary/aromatic N) is 3. The minimum Gasteiger partial charge on any atom is -0.455 e. The fourth-order valence-corrected chi connectivity index (χ4v) is 1.69. The van der Waals surface area contributed by atoms with Gasteiger partial charge in [-0.05, 0) is 20.8 Å². The second-order valence-electron chi connectivity index (χ2n) is 5.35. The van der Waals surface area contributed by atoms with E-state index in [9.17, 15) is 4.79 Å². The van der Waals surface area contributed by atoms with E-state index in [0.29, 0.717) is 13.2 Å². The van der Waals surface area contributed by atoms with E-state index in [1.165, 1.54) is 0 Å². The molecule has 1 aromatic rings. The van der Waals surface area contributed by atoms with Gasteiger partial charge in [-0.3, -0.25) is 0 Å². The van der Waals surface area contributed by atoms with Crippen LogP contribution in [0, 0.1) is 0 Å². The van der Waals surface area contributed by atoms with Crippen molar-refractivity contribution in [2.75, 3.05) is 13.2 Å². The summed E-state index contributed by atoms with van der Waals surface area (Å²) in [6.45, 7) is 6.38. The first-order valence-electron chi connectivity index (χ1n) is 5.85. The monoisotopic (exact) mass is 254 g/mol. The smallest absolute Gasteiger partial charge is 0.361 e. The maximum atomic E-state index is 11.8. The van der Waals surface area contributed by atoms with Gasteiger partial charge in [0.2, 0.25) is 0 Å². The molecule has 7 heteroatoms. The minimum atomic E-state index is -0.548. The molecule has 2 atom stereocenters. The molecule has 0 spiro atoms. The molecule has 0 saturated carbocycles. The third-order valence-corrected chi connectivity index (χ3v) is 2.55. The molecule has 18 heavy (non-hydrogen) atoms. The molecule has 0 unspecified atom stereocenters. The predicted molar refractivity (Wildman–Crippen MR) is 63.0 cm³/mol. The van der Waals surface area contributed by atoms with Gasteiger partial charge in [0, 0.05) is 0 Å². The van der Waals surface area contributed by atoms with E-state index in [2.05, 4.69) is 10.3 Å². The van der Waals surface area contributed by atoms with Gasteiger partial charge in [-0.1, -0.05) is 5.21 Å². The third kappa shape index (κ3) is 2.85. The highest BCUT2D eigenvalue weighted by Crippen LogP contribution is 2.17. The lowest BCUT2D eigenvalue weighted by Gasteiger charge is -2.18. The van der Waals surface area contributed by atoms with Crippen molar-refractivity contribution in [2.45, 2.75) is 38.5 Å². The Morgan fingerprint density at radius 1 is 1.56 bits per heavy atom. The highest BCUT2D eigenvalue weighted by molar-refractivity contribution is 5.87. The van der Waals surface area contributed by atoms with Crippen LogP contribution in [0.2, 0.25) is 0 Å². The molecule has 100 valence electrons. The van der Waals surface area contributed by atoms with Gasteiger partial charge in [-0.15, -0.1) is 5.10 Å². The lowest BCUT2D eigenvalue weighted by atomic mass is 10.2. The zero-order valence-corrected chi connectivity index (χ0v) is 10.8. The van der Waals surface area contributed by atoms with Gasteiger partial charge in [0.1, 0.15) is 5.60 Å². The molecule has 0 amide bonds. The van der Waals surface area contributed by atoms with Crippen LogP contribution in [0.4, 0.5) is 0 Å². The second kappa shape index (κ2) is 4.66. The van der Waals surface area contributed by atoms with E-state index < -0.39 is 11.6 Å². The molecule has 1 aliphatic heterocycles. The Morgan fingerprint density at radius 3 is 2.83 bits per heavy atom. The lowest BCUT2D eigenvalue weighted by molar-refractivity contribution is 0.00626. The quantitative estimate of drug-likeness (QED) is 0.754. The van der Waals surface area contributed by atoms with Crippen LogP contribution in [-0.4, -0.2) is 45.8 Å². The molecule has 1 saturated heterocycles. The molecule has 0 radical (unpaired) electrons. The molecular formula is C11H18N4O3. The number of hydrogen-bond acceptors (Lipinski definition) is 6. The predicted octanol–water partition coefficient (Wildman–Crippen LogP) is 0.132. The fraction of sp³-hybridized carbons (Fsp3) is 0.727. The molecule has 2 heterocycles. The Morgan fingerprint density at radius 2 is 2.28 bits per heavy atom. The average Bonchev–Trinajstić information content (AvgIpc) is 2.82. The summed E-state index contributed by atoms with van der Waals surface area (Å²) in [7, 11) is 0. The normalized spacial score (nSPS) is 24.2. The van der Waals surface area contributed by atoms with Crippen molar-refractivity contribution >= 4 is 5.97 Å². The highest BCUT2D eigenvalue weighted by Gasteiger charge is 2.29. The molecule has 0 bridgehead atoms. The van der Waals surface area contributed by atoms with Gasteiger partial charge in [0.05, 0.1) is 31.5 Å². The summed E-state index contributed by atoms with van der Waals surface area (Å²) in [5.41, 5.74) is 5.50. The number of nitrogens with two attached hydrogens (primary N) is 1. The first-order valence-corrected chi connectivity index (χ1v) is 5.85. The van der Waals surface area contributed by atoms with Crippen LogP contribution < -0.4 is 5.73 Å². The van der Waals surface area contributed by atoms with Crippen molar-refractivity contribution in [3.8, 4) is 0 Å². The van der Waals surface area contributed by atoms with Crippen molar-refractivity contribution in [3.63, 3.8) is 0 Å². The molecule has 7 nitrogen and oxygen atoms in total. The summed E-state index contributed by atoms with van der Waals surface area (Å²) in [4.78, 5) is 11.8. The van der Waals surface area contributed by atoms with Gasteiger partial charge in [0.15, 0.2) is 5.69 Å². The van der Waals surface area contributed by atoms with Gasteiger partial charge in [-0.2, -0.15) is 0 Å². The third-order valence-electron chi connectivity index (χ3n) is 2.55. The summed E-state index contributed by atoms with van der Waals surface area (Å²) in [6.07, 6.45) is 1.55. The van der Waals surface area contributed by atoms with E-state index in [1.807, 2.05) is 0 Å². The Balaban J connectivity index is 2.08. The summed E-state index contributed by atoms with van der Waals surface area (Å²) >= 11 is 0. The second-order valence-corrected chi connectivity index (χ2v) is 5.35. The summed E-state index contributed by atoms with van der Waals surface area (Å²) in [5, 5.41) is 7.71. The number of rotatable bonds is 2. The zero-order chi connectivity index (χ0) is 13.3. The van der Waals surface area contributed by atoms with E-state index in [0.717, 1.165) is 0 Å². The van der Waals surface area contributed by atoms with Gasteiger partial charge >= 0.3 is 5.97 Å². The largest absolute Gasteiger partial charge is 0.455 e. The van der Waals surface area contributed by atoms with Gasteiger partial charge < -0.3 is 15.2 Å². The molecule has 0 aliphatic carbocycles. The maximum absolute atomic E-state index is 11.8. The van der Waals surface area contributed by atoms with Gasteiger partial charge in [0.25, 0.3) is 0 Å². The SMILES string of the molecule is CC(C)(C)OC(=O)c1cn([C@H]2COC[C@H]2N)nn1. The van der Waals surface area contributed by atoms with Crippen LogP contribution in [0.15, 0.2) is 6.20 Å². The van der Waals surface area contributed by atoms with Crippen LogP contribution in [0.25, 0.3) is 0 Å². The van der Waals surface area contributed by atoms with Crippen molar-refractivity contribution in [1.29, 1.82) is 0 Å². The minimum absolute atomic E-state index is 0.0753. The first-order chi connectivity index (χ1) is 8.37. The zero-order valence-electron chi connectivity index (χ0n) is 10.8. The van der Waals surface area contributed by atoms with Crippen LogP contribution in [0.5, 0.6) is 0 Å². The summed E-state index contributed by atoms with van der Waals surface area (Å²) in [5.74, 6) is -0.485. The molecule has 2 N–H and O–H groups in total. The number of ether oxygens (including phenoxy) is 2.